The predicted octanol–water partition coefficient (Wildman–Crippen LogP) is 5.34. The van der Waals surface area contributed by atoms with Crippen LogP contribution in [0.1, 0.15) is 62.7 Å². The lowest BCUT2D eigenvalue weighted by molar-refractivity contribution is -0.0458. The third-order valence-electron chi connectivity index (χ3n) is 10.1. The van der Waals surface area contributed by atoms with Gasteiger partial charge in [0, 0.05) is 42.3 Å². The molecule has 8 rings (SSSR count). The number of rotatable bonds is 12. The lowest BCUT2D eigenvalue weighted by atomic mass is 9.89. The van der Waals surface area contributed by atoms with Crippen molar-refractivity contribution in [3.63, 3.8) is 0 Å². The Balaban J connectivity index is 0.968. The zero-order valence-electron chi connectivity index (χ0n) is 28.6. The fourth-order valence-electron chi connectivity index (χ4n) is 7.66. The summed E-state index contributed by atoms with van der Waals surface area (Å²) in [5, 5.41) is 22.1. The number of fused-ring (bicyclic) bond motifs is 2. The molecule has 0 radical (unpaired) electrons. The molecular weight excluding hydrogens is 646 g/mol. The number of pyridine rings is 1. The molecular formula is C37H41N11O3. The Hall–Kier alpha value is -5.39. The van der Waals surface area contributed by atoms with Crippen molar-refractivity contribution in [1.82, 2.24) is 44.4 Å². The minimum atomic E-state index is -0.234. The molecule has 14 nitrogen and oxygen atoms in total. The van der Waals surface area contributed by atoms with E-state index in [0.29, 0.717) is 60.1 Å². The summed E-state index contributed by atoms with van der Waals surface area (Å²) in [5.41, 5.74) is 3.57. The second-order valence-electron chi connectivity index (χ2n) is 13.6. The molecule has 2 saturated heterocycles. The van der Waals surface area contributed by atoms with E-state index in [1.165, 1.54) is 19.2 Å². The van der Waals surface area contributed by atoms with E-state index in [1.807, 2.05) is 43.5 Å². The molecule has 5 aromatic rings. The first-order valence-corrected chi connectivity index (χ1v) is 17.7. The number of nitrogens with one attached hydrogen (secondary N) is 1. The molecule has 0 amide bonds. The van der Waals surface area contributed by atoms with Gasteiger partial charge in [-0.1, -0.05) is 12.1 Å². The average Bonchev–Trinajstić information content (AvgIpc) is 3.89. The summed E-state index contributed by atoms with van der Waals surface area (Å²) in [6.45, 7) is 4.46. The third-order valence-corrected chi connectivity index (χ3v) is 10.1. The Bertz CT molecular complexity index is 1920. The van der Waals surface area contributed by atoms with Crippen LogP contribution < -0.4 is 14.8 Å². The van der Waals surface area contributed by atoms with Crippen LogP contribution in [0.25, 0.3) is 11.1 Å². The maximum absolute atomic E-state index is 9.71. The van der Waals surface area contributed by atoms with Gasteiger partial charge in [0.05, 0.1) is 43.3 Å². The molecule has 2 bridgehead atoms. The summed E-state index contributed by atoms with van der Waals surface area (Å²) < 4.78 is 22.0. The number of hydrogen-bond acceptors (Lipinski definition) is 12. The van der Waals surface area contributed by atoms with Crippen molar-refractivity contribution in [3.8, 4) is 28.8 Å². The smallest absolute Gasteiger partial charge is 0.257 e. The normalized spacial score (nSPS) is 22.3. The van der Waals surface area contributed by atoms with Crippen LogP contribution in [0, 0.1) is 11.3 Å². The molecule has 3 atom stereocenters. The van der Waals surface area contributed by atoms with E-state index >= 15 is 0 Å². The third kappa shape index (κ3) is 7.40. The summed E-state index contributed by atoms with van der Waals surface area (Å²) in [6, 6.07) is 15.5. The highest BCUT2D eigenvalue weighted by Gasteiger charge is 2.42. The van der Waals surface area contributed by atoms with Crippen molar-refractivity contribution in [2.75, 3.05) is 18.5 Å². The molecule has 1 saturated carbocycles. The maximum Gasteiger partial charge on any atom is 0.257 e. The van der Waals surface area contributed by atoms with Gasteiger partial charge in [-0.25, -0.2) is 19.6 Å². The highest BCUT2D eigenvalue weighted by atomic mass is 16.5. The summed E-state index contributed by atoms with van der Waals surface area (Å²) in [6.07, 6.45) is 17.1. The number of ether oxygens (including phenoxy) is 3. The zero-order valence-corrected chi connectivity index (χ0v) is 28.6. The van der Waals surface area contributed by atoms with Crippen LogP contribution in [0.3, 0.4) is 0 Å². The molecule has 0 unspecified atom stereocenters. The number of aromatic nitrogens is 8. The molecule has 14 heteroatoms. The Morgan fingerprint density at radius 3 is 2.47 bits per heavy atom. The van der Waals surface area contributed by atoms with Gasteiger partial charge in [0.1, 0.15) is 42.9 Å². The number of morpholine rings is 1. The van der Waals surface area contributed by atoms with Gasteiger partial charge in [0.25, 0.3) is 5.88 Å². The molecule has 51 heavy (non-hydrogen) atoms. The summed E-state index contributed by atoms with van der Waals surface area (Å²) >= 11 is 0. The summed E-state index contributed by atoms with van der Waals surface area (Å²) in [7, 11) is 0. The number of nitrogens with zero attached hydrogens (tertiary/aromatic N) is 10. The largest absolute Gasteiger partial charge is 0.487 e. The van der Waals surface area contributed by atoms with E-state index in [0.717, 1.165) is 55.7 Å². The second-order valence-corrected chi connectivity index (χ2v) is 13.6. The van der Waals surface area contributed by atoms with E-state index in [1.54, 1.807) is 35.7 Å². The fraction of sp³-hybridized carbons (Fsp3) is 0.432. The van der Waals surface area contributed by atoms with Gasteiger partial charge >= 0.3 is 0 Å². The van der Waals surface area contributed by atoms with Gasteiger partial charge in [-0.15, -0.1) is 5.10 Å². The van der Waals surface area contributed by atoms with Crippen molar-refractivity contribution in [2.45, 2.75) is 88.9 Å². The first kappa shape index (κ1) is 32.8. The maximum atomic E-state index is 9.71. The Morgan fingerprint density at radius 2 is 1.75 bits per heavy atom. The van der Waals surface area contributed by atoms with Crippen LogP contribution >= 0.6 is 0 Å². The molecule has 262 valence electrons. The van der Waals surface area contributed by atoms with Gasteiger partial charge in [-0.3, -0.25) is 14.6 Å². The molecule has 6 heterocycles. The highest BCUT2D eigenvalue weighted by Crippen LogP contribution is 2.39. The number of hydrogen-bond donors (Lipinski definition) is 1. The van der Waals surface area contributed by atoms with Crippen molar-refractivity contribution in [3.05, 3.63) is 85.1 Å². The Labute approximate surface area is 296 Å². The fourth-order valence-corrected chi connectivity index (χ4v) is 7.66. The topological polar surface area (TPSA) is 154 Å². The van der Waals surface area contributed by atoms with Crippen LogP contribution in [0.5, 0.6) is 11.6 Å². The molecule has 0 spiro atoms. The van der Waals surface area contributed by atoms with E-state index in [9.17, 15) is 5.26 Å². The Kier molecular flexibility index (Phi) is 9.54. The van der Waals surface area contributed by atoms with Gasteiger partial charge in [-0.2, -0.15) is 10.4 Å². The average molecular weight is 688 g/mol. The number of anilines is 2. The Morgan fingerprint density at radius 1 is 0.961 bits per heavy atom. The zero-order chi connectivity index (χ0) is 34.6. The molecule has 1 aromatic carbocycles. The molecule has 2 aliphatic heterocycles. The van der Waals surface area contributed by atoms with Crippen LogP contribution in [0.15, 0.2) is 73.8 Å². The molecule has 3 aliphatic rings. The van der Waals surface area contributed by atoms with Gasteiger partial charge in [-0.05, 0) is 75.3 Å². The summed E-state index contributed by atoms with van der Waals surface area (Å²) in [5.74, 6) is 1.38. The van der Waals surface area contributed by atoms with E-state index in [2.05, 4.69) is 46.0 Å². The minimum Gasteiger partial charge on any atom is -0.487 e. The molecule has 1 aliphatic carbocycles. The highest BCUT2D eigenvalue weighted by molar-refractivity contribution is 5.67. The van der Waals surface area contributed by atoms with Crippen LogP contribution in [0.2, 0.25) is 0 Å². The lowest BCUT2D eigenvalue weighted by Gasteiger charge is -2.43. The quantitative estimate of drug-likeness (QED) is 0.180. The standard InChI is InChI=1S/C37H41N11O3/c1-25(18-46-24-39-23-43-46)51-35-14-26(5-6-27(35)15-38)28-16-41-37(42-17-28)44-34-19-47(45-36(34)50-20-29-4-2-3-13-40-29)30-7-9-31(10-8-30)48-32-11-12-33(48)22-49-21-32/h2-6,13-14,16-17,19,23-25,30-33H,7-12,18,20-22H2,1H3,(H,41,42,44)/t25-,30?,31?,32+,33+/m0/s1. The van der Waals surface area contributed by atoms with E-state index in [4.69, 9.17) is 19.3 Å². The van der Waals surface area contributed by atoms with Crippen molar-refractivity contribution in [1.29, 1.82) is 5.26 Å². The summed E-state index contributed by atoms with van der Waals surface area (Å²) in [4.78, 5) is 20.4. The van der Waals surface area contributed by atoms with E-state index in [-0.39, 0.29) is 12.1 Å². The van der Waals surface area contributed by atoms with Crippen molar-refractivity contribution in [2.24, 2.45) is 0 Å². The van der Waals surface area contributed by atoms with Crippen LogP contribution in [-0.2, 0) is 17.9 Å². The molecule has 1 N–H and O–H groups in total. The monoisotopic (exact) mass is 687 g/mol. The first-order chi connectivity index (χ1) is 25.1. The molecule has 3 fully saturated rings. The van der Waals surface area contributed by atoms with Gasteiger partial charge < -0.3 is 19.5 Å². The predicted molar refractivity (Wildman–Crippen MR) is 187 cm³/mol. The van der Waals surface area contributed by atoms with Gasteiger partial charge in [0.2, 0.25) is 5.95 Å². The number of nitriles is 1. The van der Waals surface area contributed by atoms with Crippen molar-refractivity contribution < 1.29 is 14.2 Å². The van der Waals surface area contributed by atoms with E-state index < -0.39 is 0 Å². The first-order valence-electron chi connectivity index (χ1n) is 17.7. The molecule has 4 aromatic heterocycles. The van der Waals surface area contributed by atoms with Crippen molar-refractivity contribution >= 4 is 11.6 Å². The second kappa shape index (κ2) is 14.8. The SMILES string of the molecule is C[C@@H](Cn1cncn1)Oc1cc(-c2cnc(Nc3cn(C4CCC(N5[C@@H]6CC[C@@H]5COC6)CC4)nc3OCc3ccccn3)nc2)ccc1C#N. The minimum absolute atomic E-state index is 0.234. The number of benzene rings is 1. The van der Waals surface area contributed by atoms with Gasteiger partial charge in [0.15, 0.2) is 0 Å². The lowest BCUT2D eigenvalue weighted by Crippen LogP contribution is -2.52. The van der Waals surface area contributed by atoms with Crippen LogP contribution in [-0.4, -0.2) is 81.8 Å². The van der Waals surface area contributed by atoms with Crippen LogP contribution in [0.4, 0.5) is 11.6 Å².